The van der Waals surface area contributed by atoms with Gasteiger partial charge in [0.2, 0.25) is 11.6 Å². The van der Waals surface area contributed by atoms with Crippen molar-refractivity contribution in [2.45, 2.75) is 0 Å². The summed E-state index contributed by atoms with van der Waals surface area (Å²) in [5, 5.41) is 12.9. The lowest BCUT2D eigenvalue weighted by Gasteiger charge is -1.99. The van der Waals surface area contributed by atoms with Gasteiger partial charge in [-0.2, -0.15) is 4.98 Å². The lowest BCUT2D eigenvalue weighted by molar-refractivity contribution is 0.0697. The summed E-state index contributed by atoms with van der Waals surface area (Å²) in [7, 11) is 0. The van der Waals surface area contributed by atoms with Gasteiger partial charge in [0.1, 0.15) is 0 Å². The van der Waals surface area contributed by atoms with Crippen molar-refractivity contribution in [2.24, 2.45) is 0 Å². The van der Waals surface area contributed by atoms with Crippen LogP contribution >= 0.6 is 0 Å². The molecule has 7 nitrogen and oxygen atoms in total. The molecule has 0 spiro atoms. The minimum atomic E-state index is -1.06. The normalized spacial score (nSPS) is 10.4. The maximum absolute atomic E-state index is 11.2. The minimum absolute atomic E-state index is 0.0941. The second-order valence-electron chi connectivity index (χ2n) is 3.85. The summed E-state index contributed by atoms with van der Waals surface area (Å²) in [6.45, 7) is 0. The Hall–Kier alpha value is -3.09. The topological polar surface area (TPSA) is 102 Å². The van der Waals surface area contributed by atoms with Crippen molar-refractivity contribution in [3.63, 3.8) is 0 Å². The molecule has 0 unspecified atom stereocenters. The van der Waals surface area contributed by atoms with Gasteiger partial charge in [-0.25, -0.2) is 14.8 Å². The van der Waals surface area contributed by atoms with Crippen LogP contribution in [0.4, 0.5) is 0 Å². The van der Waals surface area contributed by atoms with Gasteiger partial charge in [0, 0.05) is 12.4 Å². The van der Waals surface area contributed by atoms with Crippen molar-refractivity contribution in [1.29, 1.82) is 0 Å². The molecule has 7 heteroatoms. The van der Waals surface area contributed by atoms with E-state index in [2.05, 4.69) is 20.1 Å². The van der Waals surface area contributed by atoms with Crippen molar-refractivity contribution in [2.75, 3.05) is 0 Å². The molecule has 0 saturated carbocycles. The number of aromatic carboxylic acids is 1. The molecule has 0 saturated heterocycles. The first kappa shape index (κ1) is 12.0. The van der Waals surface area contributed by atoms with Gasteiger partial charge in [0.05, 0.1) is 11.1 Å². The van der Waals surface area contributed by atoms with Crippen LogP contribution in [0, 0.1) is 0 Å². The van der Waals surface area contributed by atoms with E-state index in [1.807, 2.05) is 0 Å². The highest BCUT2D eigenvalue weighted by Gasteiger charge is 2.17. The van der Waals surface area contributed by atoms with E-state index in [-0.39, 0.29) is 17.3 Å². The molecule has 20 heavy (non-hydrogen) atoms. The molecule has 0 amide bonds. The molecular weight excluding hydrogens is 260 g/mol. The number of nitrogens with zero attached hydrogens (tertiary/aromatic N) is 4. The highest BCUT2D eigenvalue weighted by atomic mass is 16.5. The van der Waals surface area contributed by atoms with Crippen molar-refractivity contribution in [3.8, 4) is 23.1 Å². The molecule has 3 rings (SSSR count). The zero-order valence-electron chi connectivity index (χ0n) is 10.1. The standard InChI is InChI=1S/C13H8N4O3/c18-13(19)9-5-2-1-4-8(9)12-16-11(17-20-12)10-14-6-3-7-15-10/h1-7H,(H,18,19). The Labute approximate surface area is 112 Å². The van der Waals surface area contributed by atoms with Gasteiger partial charge in [-0.3, -0.25) is 0 Å². The minimum Gasteiger partial charge on any atom is -0.478 e. The molecule has 1 N–H and O–H groups in total. The van der Waals surface area contributed by atoms with Crippen LogP contribution in [0.5, 0.6) is 0 Å². The van der Waals surface area contributed by atoms with Crippen LogP contribution in [0.1, 0.15) is 10.4 Å². The van der Waals surface area contributed by atoms with Crippen molar-refractivity contribution in [3.05, 3.63) is 48.3 Å². The Morgan fingerprint density at radius 1 is 1.05 bits per heavy atom. The molecule has 0 bridgehead atoms. The fourth-order valence-corrected chi connectivity index (χ4v) is 1.69. The zero-order valence-corrected chi connectivity index (χ0v) is 10.1. The first-order valence-corrected chi connectivity index (χ1v) is 5.69. The molecular formula is C13H8N4O3. The van der Waals surface area contributed by atoms with Crippen molar-refractivity contribution in [1.82, 2.24) is 20.1 Å². The molecule has 0 radical (unpaired) electrons. The molecule has 2 aromatic heterocycles. The number of hydrogen-bond acceptors (Lipinski definition) is 6. The van der Waals surface area contributed by atoms with E-state index < -0.39 is 5.97 Å². The first-order chi connectivity index (χ1) is 9.75. The quantitative estimate of drug-likeness (QED) is 0.773. The Kier molecular flexibility index (Phi) is 2.92. The summed E-state index contributed by atoms with van der Waals surface area (Å²) in [6, 6.07) is 8.08. The Morgan fingerprint density at radius 2 is 1.80 bits per heavy atom. The van der Waals surface area contributed by atoms with Crippen LogP contribution in [0.15, 0.2) is 47.2 Å². The third kappa shape index (κ3) is 2.12. The average Bonchev–Trinajstić information content (AvgIpc) is 2.98. The lowest BCUT2D eigenvalue weighted by Crippen LogP contribution is -1.99. The van der Waals surface area contributed by atoms with Gasteiger partial charge in [0.25, 0.3) is 5.89 Å². The molecule has 0 aliphatic heterocycles. The Bertz CT molecular complexity index is 755. The number of rotatable bonds is 3. The predicted molar refractivity (Wildman–Crippen MR) is 67.7 cm³/mol. The molecule has 0 aliphatic rings. The summed E-state index contributed by atoms with van der Waals surface area (Å²) >= 11 is 0. The number of hydrogen-bond donors (Lipinski definition) is 1. The lowest BCUT2D eigenvalue weighted by atomic mass is 10.1. The van der Waals surface area contributed by atoms with E-state index in [1.165, 1.54) is 6.07 Å². The monoisotopic (exact) mass is 268 g/mol. The molecule has 0 fully saturated rings. The van der Waals surface area contributed by atoms with Gasteiger partial charge in [-0.15, -0.1) is 0 Å². The molecule has 3 aromatic rings. The summed E-state index contributed by atoms with van der Waals surface area (Å²) in [5.41, 5.74) is 0.450. The fourth-order valence-electron chi connectivity index (χ4n) is 1.69. The summed E-state index contributed by atoms with van der Waals surface area (Å²) in [4.78, 5) is 23.3. The van der Waals surface area contributed by atoms with Gasteiger partial charge in [-0.05, 0) is 18.2 Å². The van der Waals surface area contributed by atoms with Crippen LogP contribution in [0.2, 0.25) is 0 Å². The molecule has 2 heterocycles. The van der Waals surface area contributed by atoms with Crippen LogP contribution < -0.4 is 0 Å². The highest BCUT2D eigenvalue weighted by molar-refractivity contribution is 5.94. The van der Waals surface area contributed by atoms with Crippen molar-refractivity contribution >= 4 is 5.97 Å². The van der Waals surface area contributed by atoms with Gasteiger partial charge in [0.15, 0.2) is 0 Å². The SMILES string of the molecule is O=C(O)c1ccccc1-c1nc(-c2ncccn2)no1. The number of aromatic nitrogens is 4. The summed E-state index contributed by atoms with van der Waals surface area (Å²) in [6.07, 6.45) is 3.12. The van der Waals surface area contributed by atoms with Crippen molar-refractivity contribution < 1.29 is 14.4 Å². The van der Waals surface area contributed by atoms with Crippen LogP contribution in [-0.4, -0.2) is 31.2 Å². The van der Waals surface area contributed by atoms with Crippen LogP contribution in [-0.2, 0) is 0 Å². The van der Waals surface area contributed by atoms with Gasteiger partial charge < -0.3 is 9.63 Å². The smallest absolute Gasteiger partial charge is 0.336 e. The zero-order chi connectivity index (χ0) is 13.9. The third-order valence-electron chi connectivity index (χ3n) is 2.58. The van der Waals surface area contributed by atoms with E-state index in [1.54, 1.807) is 36.7 Å². The van der Waals surface area contributed by atoms with E-state index >= 15 is 0 Å². The number of carbonyl (C=O) groups is 1. The number of benzene rings is 1. The largest absolute Gasteiger partial charge is 0.478 e. The fraction of sp³-hybridized carbons (Fsp3) is 0. The summed E-state index contributed by atoms with van der Waals surface area (Å²) < 4.78 is 5.09. The molecule has 0 aliphatic carbocycles. The number of carboxylic acid groups (broad SMARTS) is 1. The molecule has 98 valence electrons. The van der Waals surface area contributed by atoms with Crippen LogP contribution in [0.25, 0.3) is 23.1 Å². The van der Waals surface area contributed by atoms with E-state index in [0.717, 1.165) is 0 Å². The second kappa shape index (κ2) is 4.88. The Balaban J connectivity index is 2.05. The van der Waals surface area contributed by atoms with E-state index in [9.17, 15) is 4.79 Å². The van der Waals surface area contributed by atoms with Gasteiger partial charge >= 0.3 is 5.97 Å². The second-order valence-corrected chi connectivity index (χ2v) is 3.85. The van der Waals surface area contributed by atoms with E-state index in [0.29, 0.717) is 11.4 Å². The third-order valence-corrected chi connectivity index (χ3v) is 2.58. The van der Waals surface area contributed by atoms with Crippen LogP contribution in [0.3, 0.4) is 0 Å². The highest BCUT2D eigenvalue weighted by Crippen LogP contribution is 2.23. The predicted octanol–water partition coefficient (Wildman–Crippen LogP) is 1.89. The Morgan fingerprint density at radius 3 is 2.55 bits per heavy atom. The molecule has 0 atom stereocenters. The maximum atomic E-state index is 11.2. The number of carboxylic acids is 1. The average molecular weight is 268 g/mol. The van der Waals surface area contributed by atoms with Gasteiger partial charge in [-0.1, -0.05) is 17.3 Å². The van der Waals surface area contributed by atoms with E-state index in [4.69, 9.17) is 9.63 Å². The molecule has 1 aromatic carbocycles. The first-order valence-electron chi connectivity index (χ1n) is 5.69. The maximum Gasteiger partial charge on any atom is 0.336 e. The summed E-state index contributed by atoms with van der Waals surface area (Å²) in [5.74, 6) is -0.419.